The fourth-order valence-electron chi connectivity index (χ4n) is 9.92. The molecule has 6 aromatic rings. The van der Waals surface area contributed by atoms with Crippen LogP contribution in [0.25, 0.3) is 4.85 Å². The molecule has 1 spiro atoms. The van der Waals surface area contributed by atoms with Crippen LogP contribution in [0.2, 0.25) is 0 Å². The van der Waals surface area contributed by atoms with Crippen LogP contribution in [0, 0.1) is 67.3 Å². The molecule has 8 rings (SSSR count). The first-order valence-electron chi connectivity index (χ1n) is 21.9. The molecule has 67 heavy (non-hydrogen) atoms. The molecule has 0 saturated heterocycles. The Bertz CT molecular complexity index is 2910. The monoisotopic (exact) mass is 876 g/mol. The number of ether oxygens (including phenoxy) is 4. The van der Waals surface area contributed by atoms with E-state index in [1.807, 2.05) is 82.6 Å². The summed E-state index contributed by atoms with van der Waals surface area (Å²) < 4.78 is 25.9. The summed E-state index contributed by atoms with van der Waals surface area (Å²) in [5.41, 5.74) is 6.22. The van der Waals surface area contributed by atoms with Crippen LogP contribution in [0.5, 0.6) is 46.0 Å². The van der Waals surface area contributed by atoms with Crippen molar-refractivity contribution < 1.29 is 18.9 Å². The van der Waals surface area contributed by atoms with Crippen molar-refractivity contribution in [2.45, 2.75) is 56.8 Å². The maximum atomic E-state index is 10.5. The van der Waals surface area contributed by atoms with Crippen molar-refractivity contribution in [3.05, 3.63) is 161 Å². The zero-order chi connectivity index (χ0) is 47.3. The Morgan fingerprint density at radius 2 is 0.896 bits per heavy atom. The van der Waals surface area contributed by atoms with Crippen LogP contribution >= 0.6 is 0 Å². The molecule has 8 nitrogen and oxygen atoms in total. The largest absolute Gasteiger partial charge is 0.468 e. The van der Waals surface area contributed by atoms with E-state index in [1.54, 1.807) is 24.3 Å². The number of rotatable bonds is 14. The number of anilines is 2. The minimum atomic E-state index is -0.386. The molecular formula is C59H48N4O4. The summed E-state index contributed by atoms with van der Waals surface area (Å²) in [6, 6.07) is 40.4. The average molecular weight is 877 g/mol. The van der Waals surface area contributed by atoms with Crippen LogP contribution in [0.4, 0.5) is 17.1 Å². The van der Waals surface area contributed by atoms with Crippen molar-refractivity contribution in [1.82, 2.24) is 0 Å². The molecule has 0 amide bonds. The Balaban J connectivity index is 1.10. The Hall–Kier alpha value is -8.66. The fourth-order valence-corrected chi connectivity index (χ4v) is 9.92. The minimum absolute atomic E-state index is 0.169. The number of para-hydroxylation sites is 1. The van der Waals surface area contributed by atoms with E-state index in [1.165, 1.54) is 22.3 Å². The molecule has 6 aromatic carbocycles. The van der Waals surface area contributed by atoms with Gasteiger partial charge in [-0.05, 0) is 119 Å². The summed E-state index contributed by atoms with van der Waals surface area (Å²) in [5, 5.41) is 10.5. The molecule has 328 valence electrons. The Morgan fingerprint density at radius 3 is 1.28 bits per heavy atom. The quantitative estimate of drug-likeness (QED) is 0.0797. The van der Waals surface area contributed by atoms with Crippen molar-refractivity contribution in [1.29, 1.82) is 5.26 Å². The zero-order valence-electron chi connectivity index (χ0n) is 38.0. The van der Waals surface area contributed by atoms with Crippen LogP contribution in [0.1, 0.15) is 68.4 Å². The molecular weight excluding hydrogens is 829 g/mol. The lowest BCUT2D eigenvalue weighted by atomic mass is 9.72. The maximum Gasteiger partial charge on any atom is 0.270 e. The van der Waals surface area contributed by atoms with Gasteiger partial charge >= 0.3 is 0 Å². The third-order valence-electron chi connectivity index (χ3n) is 12.5. The summed E-state index contributed by atoms with van der Waals surface area (Å²) in [7, 11) is 0. The summed E-state index contributed by atoms with van der Waals surface area (Å²) >= 11 is 0. The van der Waals surface area contributed by atoms with E-state index in [-0.39, 0.29) is 27.5 Å². The third kappa shape index (κ3) is 8.79. The van der Waals surface area contributed by atoms with Crippen molar-refractivity contribution >= 4 is 17.1 Å². The lowest BCUT2D eigenvalue weighted by Gasteiger charge is -2.30. The van der Waals surface area contributed by atoms with Crippen molar-refractivity contribution in [3.63, 3.8) is 0 Å². The number of terminal acetylenes is 4. The summed E-state index contributed by atoms with van der Waals surface area (Å²) in [5.74, 6) is 14.3. The summed E-state index contributed by atoms with van der Waals surface area (Å²) in [6.07, 6.45) is 24.1. The number of benzene rings is 6. The van der Waals surface area contributed by atoms with E-state index in [0.717, 1.165) is 24.2 Å². The van der Waals surface area contributed by atoms with E-state index < -0.39 is 0 Å². The van der Waals surface area contributed by atoms with E-state index >= 15 is 0 Å². The molecule has 0 N–H and O–H groups in total. The predicted molar refractivity (Wildman–Crippen MR) is 266 cm³/mol. The van der Waals surface area contributed by atoms with Gasteiger partial charge in [0.25, 0.3) is 5.69 Å². The van der Waals surface area contributed by atoms with Gasteiger partial charge < -0.3 is 28.7 Å². The highest BCUT2D eigenvalue weighted by Crippen LogP contribution is 2.64. The van der Waals surface area contributed by atoms with E-state index in [9.17, 15) is 5.26 Å². The molecule has 0 radical (unpaired) electrons. The fraction of sp³-hybridized carbons (Fsp3) is 0.220. The third-order valence-corrected chi connectivity index (χ3v) is 12.5. The van der Waals surface area contributed by atoms with Gasteiger partial charge in [0.05, 0.1) is 32.8 Å². The van der Waals surface area contributed by atoms with Gasteiger partial charge in [-0.3, -0.25) is 0 Å². The smallest absolute Gasteiger partial charge is 0.270 e. The lowest BCUT2D eigenvalue weighted by Crippen LogP contribution is -2.27. The first kappa shape index (κ1) is 44.9. The van der Waals surface area contributed by atoms with Gasteiger partial charge in [0, 0.05) is 28.9 Å². The van der Waals surface area contributed by atoms with Gasteiger partial charge in [-0.15, -0.1) is 25.7 Å². The summed E-state index contributed by atoms with van der Waals surface area (Å²) in [4.78, 5) is 7.66. The molecule has 0 aromatic heterocycles. The summed E-state index contributed by atoms with van der Waals surface area (Å²) in [6.45, 7) is 18.7. The standard InChI is InChI=1S/C59H48N4O4/c1-10-30-62(31-11-2)41-18-14-20-43(34-41)64-52-22-16-23-53(47(52)38-60)65-45-26-28-48-50(36-45)59(39-57(48,5)6)40-58(7,8)49-29-27-46(37-51(49)59)67-55-25-17-24-54(56(55)61-9)66-44-21-15-19-42(35-44)63(32-12-3)33-13-4/h1-4,14-29,34-37H,30-33,39-40H2,5-8H3. The van der Waals surface area contributed by atoms with Gasteiger partial charge in [0.15, 0.2) is 0 Å². The Kier molecular flexibility index (Phi) is 12.4. The molecule has 1 atom stereocenters. The van der Waals surface area contributed by atoms with Crippen LogP contribution in [-0.4, -0.2) is 26.2 Å². The molecule has 0 bridgehead atoms. The Morgan fingerprint density at radius 1 is 0.522 bits per heavy atom. The predicted octanol–water partition coefficient (Wildman–Crippen LogP) is 13.1. The van der Waals surface area contributed by atoms with Crippen molar-refractivity contribution in [2.24, 2.45) is 0 Å². The zero-order valence-corrected chi connectivity index (χ0v) is 38.0. The number of nitriles is 1. The average Bonchev–Trinajstić information content (AvgIpc) is 3.67. The second-order valence-corrected chi connectivity index (χ2v) is 18.0. The number of hydrogen-bond donors (Lipinski definition) is 0. The maximum absolute atomic E-state index is 10.5. The van der Waals surface area contributed by atoms with E-state index in [0.29, 0.717) is 72.2 Å². The normalized spacial score (nSPS) is 15.5. The number of nitrogens with zero attached hydrogens (tertiary/aromatic N) is 4. The molecule has 1 unspecified atom stereocenters. The van der Waals surface area contributed by atoms with E-state index in [4.69, 9.17) is 51.2 Å². The number of hydrogen-bond acceptors (Lipinski definition) is 7. The van der Waals surface area contributed by atoms with Crippen LogP contribution in [0.3, 0.4) is 0 Å². The molecule has 2 aliphatic carbocycles. The highest BCUT2D eigenvalue weighted by atomic mass is 16.5. The van der Waals surface area contributed by atoms with Gasteiger partial charge in [-0.2, -0.15) is 5.26 Å². The van der Waals surface area contributed by atoms with Crippen LogP contribution in [0.15, 0.2) is 121 Å². The minimum Gasteiger partial charge on any atom is -0.468 e. The van der Waals surface area contributed by atoms with E-state index in [2.05, 4.69) is 86.6 Å². The van der Waals surface area contributed by atoms with Crippen molar-refractivity contribution in [2.75, 3.05) is 36.0 Å². The van der Waals surface area contributed by atoms with Gasteiger partial charge in [0.2, 0.25) is 0 Å². The topological polar surface area (TPSA) is 71.5 Å². The molecule has 2 aliphatic rings. The molecule has 0 aliphatic heterocycles. The van der Waals surface area contributed by atoms with Crippen LogP contribution < -0.4 is 28.7 Å². The van der Waals surface area contributed by atoms with Gasteiger partial charge in [-0.1, -0.05) is 87.8 Å². The Labute approximate surface area is 394 Å². The first-order valence-corrected chi connectivity index (χ1v) is 21.9. The molecule has 0 heterocycles. The highest BCUT2D eigenvalue weighted by Gasteiger charge is 2.56. The first-order chi connectivity index (χ1) is 32.4. The molecule has 8 heteroatoms. The second kappa shape index (κ2) is 18.4. The second-order valence-electron chi connectivity index (χ2n) is 18.0. The number of fused-ring (bicyclic) bond motifs is 4. The van der Waals surface area contributed by atoms with Crippen molar-refractivity contribution in [3.8, 4) is 101 Å². The van der Waals surface area contributed by atoms with Gasteiger partial charge in [-0.25, -0.2) is 4.85 Å². The highest BCUT2D eigenvalue weighted by molar-refractivity contribution is 5.70. The SMILES string of the molecule is [C-]#[N+]c1c(Oc2cccc(N(CC#C)CC#C)c2)cccc1Oc1ccc2c(c1)C1(CC(C)(C)c3ccc(Oc4cccc(Oc5cccc(N(CC#C)CC#C)c5)c4C#N)cc31)CC2(C)C. The molecule has 0 fully saturated rings. The lowest BCUT2D eigenvalue weighted by molar-refractivity contribution is 0.349. The van der Waals surface area contributed by atoms with Crippen LogP contribution in [-0.2, 0) is 16.2 Å². The van der Waals surface area contributed by atoms with Gasteiger partial charge in [0.1, 0.15) is 57.6 Å². The molecule has 0 saturated carbocycles.